The largest absolute Gasteiger partial charge is 0.417 e. The van der Waals surface area contributed by atoms with Crippen LogP contribution in [0.15, 0.2) is 34.4 Å². The molecule has 2 rings (SSSR count). The zero-order chi connectivity index (χ0) is 15.6. The van der Waals surface area contributed by atoms with Crippen LogP contribution in [0.25, 0.3) is 0 Å². The number of alkyl halides is 3. The minimum Gasteiger partial charge on any atom is -0.390 e. The van der Waals surface area contributed by atoms with Gasteiger partial charge in [-0.05, 0) is 18.2 Å². The number of nitrogens with zero attached hydrogens (tertiary/aromatic N) is 3. The Balaban J connectivity index is 2.37. The van der Waals surface area contributed by atoms with Crippen molar-refractivity contribution in [3.8, 4) is 6.07 Å². The van der Waals surface area contributed by atoms with Gasteiger partial charge in [-0.1, -0.05) is 11.8 Å². The van der Waals surface area contributed by atoms with Gasteiger partial charge in [0.25, 0.3) is 0 Å². The molecule has 0 unspecified atom stereocenters. The molecule has 0 aliphatic rings. The van der Waals surface area contributed by atoms with Crippen LogP contribution in [0, 0.1) is 11.3 Å². The van der Waals surface area contributed by atoms with Gasteiger partial charge in [0, 0.05) is 11.9 Å². The van der Waals surface area contributed by atoms with Gasteiger partial charge < -0.3 is 9.67 Å². The van der Waals surface area contributed by atoms with E-state index in [2.05, 4.69) is 4.98 Å². The van der Waals surface area contributed by atoms with Crippen molar-refractivity contribution in [2.45, 2.75) is 22.8 Å². The lowest BCUT2D eigenvalue weighted by atomic mass is 10.1. The summed E-state index contributed by atoms with van der Waals surface area (Å²) in [5.41, 5.74) is -0.823. The van der Waals surface area contributed by atoms with E-state index >= 15 is 0 Å². The Morgan fingerprint density at radius 2 is 2.14 bits per heavy atom. The zero-order valence-electron chi connectivity index (χ0n) is 10.8. The summed E-state index contributed by atoms with van der Waals surface area (Å²) in [6, 6.07) is 5.04. The van der Waals surface area contributed by atoms with Crippen molar-refractivity contribution in [2.75, 3.05) is 0 Å². The normalized spacial score (nSPS) is 11.4. The summed E-state index contributed by atoms with van der Waals surface area (Å²) < 4.78 is 40.2. The summed E-state index contributed by atoms with van der Waals surface area (Å²) in [6.07, 6.45) is -3.13. The first-order valence-electron chi connectivity index (χ1n) is 5.77. The molecule has 0 aliphatic heterocycles. The Morgan fingerprint density at radius 1 is 1.43 bits per heavy atom. The van der Waals surface area contributed by atoms with Gasteiger partial charge in [0.1, 0.15) is 0 Å². The van der Waals surface area contributed by atoms with Gasteiger partial charge in [-0.25, -0.2) is 4.98 Å². The molecule has 21 heavy (non-hydrogen) atoms. The first kappa shape index (κ1) is 15.4. The van der Waals surface area contributed by atoms with Crippen LogP contribution in [-0.4, -0.2) is 14.7 Å². The summed E-state index contributed by atoms with van der Waals surface area (Å²) in [4.78, 5) is 4.35. The Labute approximate surface area is 122 Å². The van der Waals surface area contributed by atoms with Gasteiger partial charge in [-0.3, -0.25) is 0 Å². The van der Waals surface area contributed by atoms with Crippen molar-refractivity contribution in [3.63, 3.8) is 0 Å². The highest BCUT2D eigenvalue weighted by molar-refractivity contribution is 7.99. The maximum Gasteiger partial charge on any atom is 0.417 e. The van der Waals surface area contributed by atoms with Crippen LogP contribution in [0.4, 0.5) is 13.2 Å². The number of rotatable bonds is 3. The third-order valence-corrected chi connectivity index (χ3v) is 3.88. The molecule has 0 radical (unpaired) electrons. The molecule has 0 bridgehead atoms. The van der Waals surface area contributed by atoms with Crippen molar-refractivity contribution < 1.29 is 18.3 Å². The minimum absolute atomic E-state index is 0.203. The molecule has 2 aromatic rings. The first-order chi connectivity index (χ1) is 9.86. The van der Waals surface area contributed by atoms with Gasteiger partial charge in [-0.2, -0.15) is 18.4 Å². The van der Waals surface area contributed by atoms with Crippen LogP contribution < -0.4 is 0 Å². The van der Waals surface area contributed by atoms with Crippen molar-refractivity contribution in [1.29, 1.82) is 5.26 Å². The standard InChI is InChI=1S/C13H10F3N3OS/c1-19-9(7-20)6-18-12(19)21-10-3-2-8(5-17)11(4-10)13(14,15)16/h2-4,6,20H,7H2,1H3. The Hall–Kier alpha value is -1.98. The number of hydrogen-bond acceptors (Lipinski definition) is 4. The van der Waals surface area contributed by atoms with E-state index in [-0.39, 0.29) is 6.61 Å². The van der Waals surface area contributed by atoms with Crippen molar-refractivity contribution in [2.24, 2.45) is 7.05 Å². The number of imidazole rings is 1. The molecule has 0 spiro atoms. The average molecular weight is 313 g/mol. The molecule has 1 heterocycles. The topological polar surface area (TPSA) is 61.8 Å². The molecule has 1 aromatic heterocycles. The van der Waals surface area contributed by atoms with Crippen molar-refractivity contribution in [1.82, 2.24) is 9.55 Å². The highest BCUT2D eigenvalue weighted by Crippen LogP contribution is 2.36. The highest BCUT2D eigenvalue weighted by Gasteiger charge is 2.34. The van der Waals surface area contributed by atoms with Gasteiger partial charge >= 0.3 is 6.18 Å². The van der Waals surface area contributed by atoms with E-state index in [1.165, 1.54) is 18.3 Å². The fourth-order valence-corrected chi connectivity index (χ4v) is 2.58. The van der Waals surface area contributed by atoms with Crippen LogP contribution in [0.2, 0.25) is 0 Å². The van der Waals surface area contributed by atoms with E-state index in [4.69, 9.17) is 10.4 Å². The second kappa shape index (κ2) is 5.79. The van der Waals surface area contributed by atoms with E-state index in [9.17, 15) is 13.2 Å². The molecule has 110 valence electrons. The second-order valence-electron chi connectivity index (χ2n) is 4.17. The second-order valence-corrected chi connectivity index (χ2v) is 5.21. The quantitative estimate of drug-likeness (QED) is 0.946. The number of aliphatic hydroxyl groups is 1. The monoisotopic (exact) mass is 313 g/mol. The van der Waals surface area contributed by atoms with Gasteiger partial charge in [-0.15, -0.1) is 0 Å². The number of aromatic nitrogens is 2. The molecule has 0 amide bonds. The van der Waals surface area contributed by atoms with E-state index in [1.807, 2.05) is 0 Å². The van der Waals surface area contributed by atoms with Crippen molar-refractivity contribution in [3.05, 3.63) is 41.2 Å². The maximum absolute atomic E-state index is 12.9. The van der Waals surface area contributed by atoms with Gasteiger partial charge in [0.05, 0.1) is 35.7 Å². The Bertz CT molecular complexity index is 704. The lowest BCUT2D eigenvalue weighted by Gasteiger charge is -2.10. The van der Waals surface area contributed by atoms with Crippen LogP contribution in [0.3, 0.4) is 0 Å². The summed E-state index contributed by atoms with van der Waals surface area (Å²) >= 11 is 1.03. The molecule has 0 saturated heterocycles. The number of halogens is 3. The van der Waals surface area contributed by atoms with E-state index in [0.29, 0.717) is 15.7 Å². The minimum atomic E-state index is -4.58. The molecule has 8 heteroatoms. The molecular weight excluding hydrogens is 303 g/mol. The molecule has 1 aromatic carbocycles. The number of hydrogen-bond donors (Lipinski definition) is 1. The SMILES string of the molecule is Cn1c(CO)cnc1Sc1ccc(C#N)c(C(F)(F)F)c1. The van der Waals surface area contributed by atoms with E-state index in [0.717, 1.165) is 23.9 Å². The molecule has 0 saturated carbocycles. The third-order valence-electron chi connectivity index (χ3n) is 2.83. The summed E-state index contributed by atoms with van der Waals surface area (Å²) in [5.74, 6) is 0. The van der Waals surface area contributed by atoms with Crippen LogP contribution >= 0.6 is 11.8 Å². The maximum atomic E-state index is 12.9. The summed E-state index contributed by atoms with van der Waals surface area (Å²) in [6.45, 7) is -0.203. The lowest BCUT2D eigenvalue weighted by Crippen LogP contribution is -2.08. The Morgan fingerprint density at radius 3 is 2.67 bits per heavy atom. The summed E-state index contributed by atoms with van der Waals surface area (Å²) in [7, 11) is 1.66. The fraction of sp³-hybridized carbons (Fsp3) is 0.231. The van der Waals surface area contributed by atoms with Crippen LogP contribution in [-0.2, 0) is 19.8 Å². The molecule has 0 atom stereocenters. The molecule has 1 N–H and O–H groups in total. The number of aliphatic hydroxyl groups excluding tert-OH is 1. The first-order valence-corrected chi connectivity index (χ1v) is 6.59. The predicted molar refractivity (Wildman–Crippen MR) is 69.4 cm³/mol. The predicted octanol–water partition coefficient (Wildman–Crippen LogP) is 2.95. The molecule has 0 fully saturated rings. The van der Waals surface area contributed by atoms with Crippen LogP contribution in [0.5, 0.6) is 0 Å². The molecular formula is C13H10F3N3OS. The lowest BCUT2D eigenvalue weighted by molar-refractivity contribution is -0.137. The summed E-state index contributed by atoms with van der Waals surface area (Å²) in [5, 5.41) is 18.3. The van der Waals surface area contributed by atoms with Crippen molar-refractivity contribution >= 4 is 11.8 Å². The highest BCUT2D eigenvalue weighted by atomic mass is 32.2. The molecule has 0 aliphatic carbocycles. The zero-order valence-corrected chi connectivity index (χ0v) is 11.7. The number of benzene rings is 1. The molecule has 4 nitrogen and oxygen atoms in total. The van der Waals surface area contributed by atoms with Gasteiger partial charge in [0.15, 0.2) is 5.16 Å². The number of nitriles is 1. The van der Waals surface area contributed by atoms with Crippen LogP contribution in [0.1, 0.15) is 16.8 Å². The smallest absolute Gasteiger partial charge is 0.390 e. The fourth-order valence-electron chi connectivity index (χ4n) is 1.69. The third kappa shape index (κ3) is 3.20. The van der Waals surface area contributed by atoms with E-state index in [1.54, 1.807) is 11.6 Å². The Kier molecular flexibility index (Phi) is 4.25. The van der Waals surface area contributed by atoms with Gasteiger partial charge in [0.2, 0.25) is 0 Å². The average Bonchev–Trinajstić information content (AvgIpc) is 2.78. The van der Waals surface area contributed by atoms with E-state index < -0.39 is 17.3 Å².